The van der Waals surface area contributed by atoms with Crippen LogP contribution in [-0.2, 0) is 9.59 Å². The minimum Gasteiger partial charge on any atom is -0.345 e. The normalized spacial score (nSPS) is 11.9. The fraction of sp³-hybridized carbons (Fsp3) is 0.818. The van der Waals surface area contributed by atoms with Crippen LogP contribution in [-0.4, -0.2) is 23.1 Å². The molecule has 0 unspecified atom stereocenters. The third kappa shape index (κ3) is 7.23. The molecule has 2 amide bonds. The van der Waals surface area contributed by atoms with Crippen LogP contribution in [0.2, 0.25) is 0 Å². The van der Waals surface area contributed by atoms with Gasteiger partial charge in [-0.1, -0.05) is 32.6 Å². The molecule has 0 bridgehead atoms. The highest BCUT2D eigenvalue weighted by atomic mass is 16.5. The average Bonchev–Trinajstić information content (AvgIpc) is 2.27. The molecule has 0 saturated carbocycles. The largest absolute Gasteiger partial charge is 0.345 e. The first-order valence-electron chi connectivity index (χ1n) is 5.85. The van der Waals surface area contributed by atoms with Gasteiger partial charge in [0, 0.05) is 6.42 Å². The molecule has 0 fully saturated rings. The van der Waals surface area contributed by atoms with Crippen LogP contribution in [0.5, 0.6) is 0 Å². The van der Waals surface area contributed by atoms with E-state index in [1.165, 1.54) is 25.2 Å². The van der Waals surface area contributed by atoms with Gasteiger partial charge in [0.2, 0.25) is 5.91 Å². The lowest BCUT2D eigenvalue weighted by molar-refractivity contribution is -0.134. The molecule has 1 atom stereocenters. The lowest BCUT2D eigenvalue weighted by Crippen LogP contribution is -2.43. The van der Waals surface area contributed by atoms with Crippen LogP contribution in [0.25, 0.3) is 0 Å². The molecular formula is C11H22N2O3. The number of hydrogen-bond acceptors (Lipinski definition) is 3. The van der Waals surface area contributed by atoms with Gasteiger partial charge in [0.15, 0.2) is 0 Å². The van der Waals surface area contributed by atoms with Crippen molar-refractivity contribution in [3.63, 3.8) is 0 Å². The van der Waals surface area contributed by atoms with Gasteiger partial charge in [0.25, 0.3) is 5.91 Å². The van der Waals surface area contributed by atoms with Gasteiger partial charge >= 0.3 is 0 Å². The number of hydrogen-bond donors (Lipinski definition) is 3. The van der Waals surface area contributed by atoms with Gasteiger partial charge in [-0.05, 0) is 13.3 Å². The second kappa shape index (κ2) is 9.15. The molecule has 0 aromatic rings. The van der Waals surface area contributed by atoms with Crippen molar-refractivity contribution in [3.8, 4) is 0 Å². The second-order valence-electron chi connectivity index (χ2n) is 3.93. The van der Waals surface area contributed by atoms with Crippen molar-refractivity contribution >= 4 is 11.8 Å². The number of hydroxylamine groups is 1. The highest BCUT2D eigenvalue weighted by Gasteiger charge is 2.13. The Balaban J connectivity index is 3.54. The van der Waals surface area contributed by atoms with Gasteiger partial charge in [0.1, 0.15) is 6.04 Å². The van der Waals surface area contributed by atoms with Gasteiger partial charge in [-0.25, -0.2) is 5.48 Å². The van der Waals surface area contributed by atoms with E-state index >= 15 is 0 Å². The quantitative estimate of drug-likeness (QED) is 0.334. The lowest BCUT2D eigenvalue weighted by Gasteiger charge is -2.11. The Morgan fingerprint density at radius 1 is 1.19 bits per heavy atom. The van der Waals surface area contributed by atoms with Crippen molar-refractivity contribution in [2.75, 3.05) is 0 Å². The van der Waals surface area contributed by atoms with Crippen molar-refractivity contribution in [1.29, 1.82) is 0 Å². The zero-order chi connectivity index (χ0) is 12.4. The smallest absolute Gasteiger partial charge is 0.265 e. The summed E-state index contributed by atoms with van der Waals surface area (Å²) in [6.07, 6.45) is 5.86. The first-order chi connectivity index (χ1) is 7.61. The topological polar surface area (TPSA) is 78.4 Å². The maximum Gasteiger partial charge on any atom is 0.265 e. The molecule has 0 aromatic carbocycles. The molecule has 0 spiro atoms. The molecule has 3 N–H and O–H groups in total. The maximum absolute atomic E-state index is 11.3. The molecule has 94 valence electrons. The van der Waals surface area contributed by atoms with Crippen molar-refractivity contribution in [1.82, 2.24) is 10.8 Å². The van der Waals surface area contributed by atoms with Crippen molar-refractivity contribution < 1.29 is 14.8 Å². The first-order valence-corrected chi connectivity index (χ1v) is 5.85. The number of carbonyl (C=O) groups is 2. The number of amides is 2. The summed E-state index contributed by atoms with van der Waals surface area (Å²) in [5.41, 5.74) is 1.50. The Bertz CT molecular complexity index is 219. The van der Waals surface area contributed by atoms with Crippen LogP contribution in [0.15, 0.2) is 0 Å². The summed E-state index contributed by atoms with van der Waals surface area (Å²) in [6, 6.07) is -0.687. The van der Waals surface area contributed by atoms with E-state index in [0.717, 1.165) is 19.3 Å². The SMILES string of the molecule is CCCCCCCC(=O)N[C@H](C)C(=O)NO. The predicted molar refractivity (Wildman–Crippen MR) is 60.9 cm³/mol. The van der Waals surface area contributed by atoms with E-state index < -0.39 is 11.9 Å². The van der Waals surface area contributed by atoms with Crippen LogP contribution in [0.3, 0.4) is 0 Å². The van der Waals surface area contributed by atoms with Crippen LogP contribution >= 0.6 is 0 Å². The van der Waals surface area contributed by atoms with Crippen LogP contribution < -0.4 is 10.8 Å². The molecular weight excluding hydrogens is 208 g/mol. The van der Waals surface area contributed by atoms with Gasteiger partial charge in [-0.15, -0.1) is 0 Å². The highest BCUT2D eigenvalue weighted by molar-refractivity contribution is 5.86. The molecule has 5 heteroatoms. The summed E-state index contributed by atoms with van der Waals surface area (Å²) in [4.78, 5) is 22.2. The molecule has 0 aliphatic rings. The maximum atomic E-state index is 11.3. The summed E-state index contributed by atoms with van der Waals surface area (Å²) < 4.78 is 0. The Morgan fingerprint density at radius 3 is 2.38 bits per heavy atom. The van der Waals surface area contributed by atoms with Gasteiger partial charge in [-0.3, -0.25) is 14.8 Å². The number of carbonyl (C=O) groups excluding carboxylic acids is 2. The predicted octanol–water partition coefficient (Wildman–Crippen LogP) is 1.36. The second-order valence-corrected chi connectivity index (χ2v) is 3.93. The summed E-state index contributed by atoms with van der Waals surface area (Å²) >= 11 is 0. The minimum absolute atomic E-state index is 0.146. The third-order valence-electron chi connectivity index (χ3n) is 2.39. The monoisotopic (exact) mass is 230 g/mol. The average molecular weight is 230 g/mol. The molecule has 0 radical (unpaired) electrons. The number of unbranched alkanes of at least 4 members (excludes halogenated alkanes) is 4. The standard InChI is InChI=1S/C11H22N2O3/c1-3-4-5-6-7-8-10(14)12-9(2)11(15)13-16/h9,16H,3-8H2,1-2H3,(H,12,14)(H,13,15)/t9-/m1/s1. The van der Waals surface area contributed by atoms with E-state index in [-0.39, 0.29) is 5.91 Å². The van der Waals surface area contributed by atoms with Crippen molar-refractivity contribution in [2.24, 2.45) is 0 Å². The van der Waals surface area contributed by atoms with Gasteiger partial charge in [0.05, 0.1) is 0 Å². The van der Waals surface area contributed by atoms with E-state index in [4.69, 9.17) is 5.21 Å². The summed E-state index contributed by atoms with van der Waals surface area (Å²) in [5.74, 6) is -0.744. The highest BCUT2D eigenvalue weighted by Crippen LogP contribution is 2.04. The first kappa shape index (κ1) is 14.9. The summed E-state index contributed by atoms with van der Waals surface area (Å²) in [6.45, 7) is 3.67. The zero-order valence-corrected chi connectivity index (χ0v) is 10.1. The summed E-state index contributed by atoms with van der Waals surface area (Å²) in [5, 5.41) is 10.9. The molecule has 0 aliphatic heterocycles. The van der Waals surface area contributed by atoms with Gasteiger partial charge < -0.3 is 5.32 Å². The number of nitrogens with one attached hydrogen (secondary N) is 2. The molecule has 0 aromatic heterocycles. The van der Waals surface area contributed by atoms with Crippen molar-refractivity contribution in [2.45, 2.75) is 58.4 Å². The Kier molecular flexibility index (Phi) is 8.52. The molecule has 5 nitrogen and oxygen atoms in total. The van der Waals surface area contributed by atoms with E-state index in [0.29, 0.717) is 6.42 Å². The fourth-order valence-electron chi connectivity index (χ4n) is 1.37. The van der Waals surface area contributed by atoms with Crippen LogP contribution in [0.4, 0.5) is 0 Å². The molecule has 16 heavy (non-hydrogen) atoms. The summed E-state index contributed by atoms with van der Waals surface area (Å²) in [7, 11) is 0. The Morgan fingerprint density at radius 2 is 1.81 bits per heavy atom. The van der Waals surface area contributed by atoms with E-state index in [1.807, 2.05) is 0 Å². The zero-order valence-electron chi connectivity index (χ0n) is 10.1. The minimum atomic E-state index is -0.687. The molecule has 0 aliphatic carbocycles. The Labute approximate surface area is 96.6 Å². The lowest BCUT2D eigenvalue weighted by atomic mass is 10.1. The Hall–Kier alpha value is -1.10. The number of rotatable bonds is 8. The molecule has 0 rings (SSSR count). The van der Waals surface area contributed by atoms with E-state index in [9.17, 15) is 9.59 Å². The van der Waals surface area contributed by atoms with Crippen LogP contribution in [0, 0.1) is 0 Å². The molecule has 0 saturated heterocycles. The van der Waals surface area contributed by atoms with Gasteiger partial charge in [-0.2, -0.15) is 0 Å². The fourth-order valence-corrected chi connectivity index (χ4v) is 1.37. The van der Waals surface area contributed by atoms with E-state index in [1.54, 1.807) is 0 Å². The molecule has 0 heterocycles. The third-order valence-corrected chi connectivity index (χ3v) is 2.39. The van der Waals surface area contributed by atoms with Crippen molar-refractivity contribution in [3.05, 3.63) is 0 Å². The van der Waals surface area contributed by atoms with E-state index in [2.05, 4.69) is 12.2 Å². The van der Waals surface area contributed by atoms with Crippen LogP contribution in [0.1, 0.15) is 52.4 Å².